The van der Waals surface area contributed by atoms with Crippen LogP contribution in [0.4, 0.5) is 0 Å². The largest absolute Gasteiger partial charge is 0.223 e. The van der Waals surface area contributed by atoms with Crippen molar-refractivity contribution in [1.82, 2.24) is 0 Å². The van der Waals surface area contributed by atoms with Gasteiger partial charge < -0.3 is 0 Å². The van der Waals surface area contributed by atoms with E-state index < -0.39 is 42.0 Å². The van der Waals surface area contributed by atoms with Gasteiger partial charge in [0, 0.05) is 11.8 Å². The molecule has 0 saturated heterocycles. The molecule has 4 nitrogen and oxygen atoms in total. The predicted octanol–water partition coefficient (Wildman–Crippen LogP) is 3.04. The first kappa shape index (κ1) is 17.2. The lowest BCUT2D eigenvalue weighted by molar-refractivity contribution is 0.479. The third-order valence-electron chi connectivity index (χ3n) is 5.05. The molecule has 2 bridgehead atoms. The van der Waals surface area contributed by atoms with Crippen LogP contribution in [0.1, 0.15) is 0 Å². The number of hydrogen-bond donors (Lipinski definition) is 0. The van der Waals surface area contributed by atoms with Crippen molar-refractivity contribution in [3.63, 3.8) is 0 Å². The van der Waals surface area contributed by atoms with E-state index in [1.54, 1.807) is 36.4 Å². The lowest BCUT2D eigenvalue weighted by Crippen LogP contribution is -2.51. The highest BCUT2D eigenvalue weighted by atomic mass is 32.2. The van der Waals surface area contributed by atoms with Gasteiger partial charge in [-0.2, -0.15) is 0 Å². The van der Waals surface area contributed by atoms with Gasteiger partial charge in [-0.1, -0.05) is 60.7 Å². The first-order valence-corrected chi connectivity index (χ1v) is 11.5. The fourth-order valence-corrected chi connectivity index (χ4v) is 8.66. The minimum atomic E-state index is -3.81. The third kappa shape index (κ3) is 2.64. The van der Waals surface area contributed by atoms with Gasteiger partial charge in [-0.25, -0.2) is 16.8 Å². The molecule has 3 aliphatic rings. The molecular weight excluding hydrogens is 368 g/mol. The van der Waals surface area contributed by atoms with E-state index in [9.17, 15) is 16.8 Å². The summed E-state index contributed by atoms with van der Waals surface area (Å²) < 4.78 is 53.3. The van der Waals surface area contributed by atoms with E-state index in [0.717, 1.165) is 0 Å². The van der Waals surface area contributed by atoms with Crippen molar-refractivity contribution in [2.45, 2.75) is 20.3 Å². The Kier molecular flexibility index (Phi) is 4.12. The second-order valence-corrected chi connectivity index (χ2v) is 10.8. The van der Waals surface area contributed by atoms with Crippen molar-refractivity contribution in [3.05, 3.63) is 85.0 Å². The quantitative estimate of drug-likeness (QED) is 0.758. The lowest BCUT2D eigenvalue weighted by Gasteiger charge is -2.40. The highest BCUT2D eigenvalue weighted by Crippen LogP contribution is 2.42. The lowest BCUT2D eigenvalue weighted by atomic mass is 9.81. The van der Waals surface area contributed by atoms with Gasteiger partial charge >= 0.3 is 0 Å². The second-order valence-electron chi connectivity index (χ2n) is 6.57. The fourth-order valence-electron chi connectivity index (χ4n) is 3.82. The summed E-state index contributed by atoms with van der Waals surface area (Å²) >= 11 is 0. The van der Waals surface area contributed by atoms with Crippen LogP contribution < -0.4 is 0 Å². The first-order chi connectivity index (χ1) is 12.4. The van der Waals surface area contributed by atoms with Gasteiger partial charge in [0.1, 0.15) is 0 Å². The molecule has 2 aromatic carbocycles. The number of allylic oxidation sites excluding steroid dienone is 4. The molecule has 0 unspecified atom stereocenters. The van der Waals surface area contributed by atoms with Gasteiger partial charge in [0.05, 0.1) is 20.3 Å². The number of hydrogen-bond acceptors (Lipinski definition) is 4. The molecular formula is C20H18O4S2. The summed E-state index contributed by atoms with van der Waals surface area (Å²) in [7, 11) is -7.63. The normalized spacial score (nSPS) is 27.5. The zero-order valence-corrected chi connectivity index (χ0v) is 15.5. The van der Waals surface area contributed by atoms with Crippen LogP contribution >= 0.6 is 0 Å². The topological polar surface area (TPSA) is 68.3 Å². The second kappa shape index (κ2) is 6.21. The van der Waals surface area contributed by atoms with E-state index in [1.807, 2.05) is 24.3 Å². The van der Waals surface area contributed by atoms with E-state index >= 15 is 0 Å². The highest BCUT2D eigenvalue weighted by Gasteiger charge is 2.52. The van der Waals surface area contributed by atoms with E-state index in [-0.39, 0.29) is 9.79 Å². The van der Waals surface area contributed by atoms with Crippen LogP contribution in [0.15, 0.2) is 94.8 Å². The summed E-state index contributed by atoms with van der Waals surface area (Å²) in [6.07, 6.45) is 7.25. The number of sulfone groups is 2. The minimum Gasteiger partial charge on any atom is -0.223 e. The van der Waals surface area contributed by atoms with Crippen molar-refractivity contribution < 1.29 is 16.8 Å². The third-order valence-corrected chi connectivity index (χ3v) is 9.73. The maximum Gasteiger partial charge on any atom is 0.183 e. The summed E-state index contributed by atoms with van der Waals surface area (Å²) in [6, 6.07) is 16.2. The molecule has 134 valence electrons. The van der Waals surface area contributed by atoms with E-state index in [2.05, 4.69) is 0 Å². The van der Waals surface area contributed by atoms with Crippen LogP contribution in [0, 0.1) is 11.8 Å². The maximum absolute atomic E-state index is 13.3. The van der Waals surface area contributed by atoms with E-state index in [0.29, 0.717) is 0 Å². The van der Waals surface area contributed by atoms with Crippen molar-refractivity contribution in [2.24, 2.45) is 11.8 Å². The zero-order valence-electron chi connectivity index (χ0n) is 13.8. The molecule has 3 aliphatic carbocycles. The SMILES string of the molecule is O=S(=O)(c1ccccc1)[C@@H]1C2C=CC(C=C2)[C@H]1S(=O)(=O)c1ccccc1. The Balaban J connectivity index is 1.88. The minimum absolute atomic E-state index is 0.160. The van der Waals surface area contributed by atoms with Crippen LogP contribution in [0.2, 0.25) is 0 Å². The van der Waals surface area contributed by atoms with Crippen molar-refractivity contribution in [3.8, 4) is 0 Å². The number of benzene rings is 2. The average Bonchev–Trinajstić information content (AvgIpc) is 2.69. The number of fused-ring (bicyclic) bond motifs is 1. The average molecular weight is 386 g/mol. The summed E-state index contributed by atoms with van der Waals surface area (Å²) in [5, 5.41) is -2.06. The van der Waals surface area contributed by atoms with Crippen LogP contribution in [0.5, 0.6) is 0 Å². The maximum atomic E-state index is 13.3. The fraction of sp³-hybridized carbons (Fsp3) is 0.200. The molecule has 5 rings (SSSR count). The van der Waals surface area contributed by atoms with Crippen LogP contribution in [0.3, 0.4) is 0 Å². The molecule has 0 heterocycles. The van der Waals surface area contributed by atoms with Crippen LogP contribution in [-0.2, 0) is 19.7 Å². The molecule has 0 aliphatic heterocycles. The first-order valence-electron chi connectivity index (χ1n) is 8.37. The molecule has 26 heavy (non-hydrogen) atoms. The Morgan fingerprint density at radius 2 is 0.808 bits per heavy atom. The van der Waals surface area contributed by atoms with Crippen molar-refractivity contribution in [2.75, 3.05) is 0 Å². The molecule has 0 fully saturated rings. The van der Waals surface area contributed by atoms with Crippen LogP contribution in [-0.4, -0.2) is 27.3 Å². The zero-order chi connectivity index (χ0) is 18.4. The molecule has 2 aromatic rings. The van der Waals surface area contributed by atoms with Gasteiger partial charge in [0.15, 0.2) is 19.7 Å². The molecule has 0 radical (unpaired) electrons. The number of rotatable bonds is 4. The van der Waals surface area contributed by atoms with Crippen molar-refractivity contribution >= 4 is 19.7 Å². The van der Waals surface area contributed by atoms with Gasteiger partial charge in [-0.05, 0) is 24.3 Å². The Morgan fingerprint density at radius 1 is 0.500 bits per heavy atom. The standard InChI is InChI=1S/C20H18O4S2/c21-25(22,17-7-3-1-4-8-17)19-15-11-13-16(14-12-15)20(19)26(23,24)18-9-5-2-6-10-18/h1-16,19-20H/t15?,16?,19-,20-/m1/s1. The monoisotopic (exact) mass is 386 g/mol. The predicted molar refractivity (Wildman–Crippen MR) is 100 cm³/mol. The van der Waals surface area contributed by atoms with Gasteiger partial charge in [-0.3, -0.25) is 0 Å². The Labute approximate surface area is 153 Å². The Morgan fingerprint density at radius 3 is 1.12 bits per heavy atom. The molecule has 0 spiro atoms. The van der Waals surface area contributed by atoms with Crippen molar-refractivity contribution in [1.29, 1.82) is 0 Å². The van der Waals surface area contributed by atoms with E-state index in [4.69, 9.17) is 0 Å². The van der Waals surface area contributed by atoms with Crippen LogP contribution in [0.25, 0.3) is 0 Å². The molecule has 2 atom stereocenters. The summed E-state index contributed by atoms with van der Waals surface area (Å²) in [4.78, 5) is 0.320. The molecule has 0 aromatic heterocycles. The molecule has 0 amide bonds. The highest BCUT2D eigenvalue weighted by molar-refractivity contribution is 7.96. The van der Waals surface area contributed by atoms with Gasteiger partial charge in [-0.15, -0.1) is 0 Å². The smallest absolute Gasteiger partial charge is 0.183 e. The van der Waals surface area contributed by atoms with E-state index in [1.165, 1.54) is 24.3 Å². The molecule has 0 N–H and O–H groups in total. The van der Waals surface area contributed by atoms with Gasteiger partial charge in [0.2, 0.25) is 0 Å². The molecule has 6 heteroatoms. The Bertz CT molecular complexity index is 968. The molecule has 0 saturated carbocycles. The summed E-state index contributed by atoms with van der Waals surface area (Å²) in [6.45, 7) is 0. The van der Waals surface area contributed by atoms with Gasteiger partial charge in [0.25, 0.3) is 0 Å². The summed E-state index contributed by atoms with van der Waals surface area (Å²) in [5.41, 5.74) is 0. The Hall–Kier alpha value is -2.18. The summed E-state index contributed by atoms with van der Waals surface area (Å²) in [5.74, 6) is -0.901.